The summed E-state index contributed by atoms with van der Waals surface area (Å²) >= 11 is 0. The quantitative estimate of drug-likeness (QED) is 0.868. The van der Waals surface area contributed by atoms with E-state index in [-0.39, 0.29) is 4.90 Å². The number of nitrogens with one attached hydrogen (secondary N) is 1. The second-order valence-corrected chi connectivity index (χ2v) is 8.83. The average molecular weight is 390 g/mol. The van der Waals surface area contributed by atoms with E-state index in [9.17, 15) is 17.6 Å². The van der Waals surface area contributed by atoms with Crippen LogP contribution in [0.15, 0.2) is 41.3 Å². The van der Waals surface area contributed by atoms with Crippen LogP contribution in [-0.4, -0.2) is 31.2 Å². The zero-order chi connectivity index (χ0) is 19.8. The Bertz CT molecular complexity index is 948. The zero-order valence-corrected chi connectivity index (χ0v) is 16.4. The van der Waals surface area contributed by atoms with E-state index in [1.807, 2.05) is 19.1 Å². The fraction of sp³-hybridized carbons (Fsp3) is 0.350. The predicted octanol–water partition coefficient (Wildman–Crippen LogP) is 3.54. The summed E-state index contributed by atoms with van der Waals surface area (Å²) in [5, 5.41) is 2.69. The summed E-state index contributed by atoms with van der Waals surface area (Å²) in [6, 6.07) is 8.30. The van der Waals surface area contributed by atoms with E-state index < -0.39 is 27.8 Å². The van der Waals surface area contributed by atoms with Gasteiger partial charge in [-0.05, 0) is 69.0 Å². The van der Waals surface area contributed by atoms with Crippen LogP contribution in [0, 0.1) is 26.6 Å². The summed E-state index contributed by atoms with van der Waals surface area (Å²) in [5.41, 5.74) is 2.79. The minimum atomic E-state index is -3.80. The highest BCUT2D eigenvalue weighted by Crippen LogP contribution is 2.31. The first-order chi connectivity index (χ1) is 12.7. The zero-order valence-electron chi connectivity index (χ0n) is 15.6. The number of aryl methyl sites for hydroxylation is 3. The van der Waals surface area contributed by atoms with Crippen LogP contribution in [0.2, 0.25) is 0 Å². The van der Waals surface area contributed by atoms with Crippen molar-refractivity contribution >= 4 is 21.6 Å². The lowest BCUT2D eigenvalue weighted by atomic mass is 10.1. The van der Waals surface area contributed by atoms with Gasteiger partial charge in [-0.1, -0.05) is 17.7 Å². The molecule has 1 saturated heterocycles. The Balaban J connectivity index is 1.89. The summed E-state index contributed by atoms with van der Waals surface area (Å²) in [7, 11) is -3.80. The molecule has 0 saturated carbocycles. The lowest BCUT2D eigenvalue weighted by molar-refractivity contribution is -0.119. The van der Waals surface area contributed by atoms with Crippen LogP contribution in [0.4, 0.5) is 10.1 Å². The first-order valence-corrected chi connectivity index (χ1v) is 10.3. The van der Waals surface area contributed by atoms with Gasteiger partial charge in [0.05, 0.1) is 4.90 Å². The Labute approximate surface area is 159 Å². The molecule has 1 amide bonds. The highest BCUT2D eigenvalue weighted by molar-refractivity contribution is 7.89. The topological polar surface area (TPSA) is 66.5 Å². The first-order valence-electron chi connectivity index (χ1n) is 8.86. The molecular weight excluding hydrogens is 367 g/mol. The van der Waals surface area contributed by atoms with Crippen molar-refractivity contribution in [1.29, 1.82) is 0 Å². The van der Waals surface area contributed by atoms with Crippen LogP contribution in [0.25, 0.3) is 0 Å². The standard InChI is InChI=1S/C20H23FN2O3S/c1-13-11-14(2)19(15(3)12-13)27(25,26)23-10-4-5-18(23)20(24)22-17-8-6-16(21)7-9-17/h6-9,11-12,18H,4-5,10H2,1-3H3,(H,22,24)/t18-/m0/s1. The SMILES string of the molecule is Cc1cc(C)c(S(=O)(=O)N2CCC[C@H]2C(=O)Nc2ccc(F)cc2)c(C)c1. The van der Waals surface area contributed by atoms with E-state index in [4.69, 9.17) is 0 Å². The van der Waals surface area contributed by atoms with Crippen molar-refractivity contribution in [3.8, 4) is 0 Å². The first kappa shape index (κ1) is 19.5. The Morgan fingerprint density at radius 2 is 1.70 bits per heavy atom. The Hall–Kier alpha value is -2.25. The van der Waals surface area contributed by atoms with Crippen molar-refractivity contribution in [2.24, 2.45) is 0 Å². The molecule has 0 aliphatic carbocycles. The van der Waals surface area contributed by atoms with Crippen molar-refractivity contribution in [3.05, 3.63) is 58.9 Å². The molecule has 0 unspecified atom stereocenters. The van der Waals surface area contributed by atoms with Crippen LogP contribution >= 0.6 is 0 Å². The van der Waals surface area contributed by atoms with Gasteiger partial charge in [-0.3, -0.25) is 4.79 Å². The third kappa shape index (κ3) is 3.89. The smallest absolute Gasteiger partial charge is 0.244 e. The van der Waals surface area contributed by atoms with Crippen LogP contribution in [0.3, 0.4) is 0 Å². The minimum absolute atomic E-state index is 0.273. The summed E-state index contributed by atoms with van der Waals surface area (Å²) in [6.45, 7) is 5.77. The lowest BCUT2D eigenvalue weighted by Crippen LogP contribution is -2.43. The van der Waals surface area contributed by atoms with Crippen LogP contribution < -0.4 is 5.32 Å². The molecule has 3 rings (SSSR count). The molecule has 1 N–H and O–H groups in total. The van der Waals surface area contributed by atoms with Gasteiger partial charge in [0.15, 0.2) is 0 Å². The number of carbonyl (C=O) groups is 1. The number of halogens is 1. The fourth-order valence-corrected chi connectivity index (χ4v) is 5.81. The number of carbonyl (C=O) groups excluding carboxylic acids is 1. The Morgan fingerprint density at radius 3 is 2.30 bits per heavy atom. The fourth-order valence-electron chi connectivity index (χ4n) is 3.74. The molecule has 0 radical (unpaired) electrons. The summed E-state index contributed by atoms with van der Waals surface area (Å²) < 4.78 is 40.9. The van der Waals surface area contributed by atoms with E-state index in [0.717, 1.165) is 5.56 Å². The maximum atomic E-state index is 13.3. The third-order valence-corrected chi connectivity index (χ3v) is 7.00. The number of nitrogens with zero attached hydrogens (tertiary/aromatic N) is 1. The van der Waals surface area contributed by atoms with Gasteiger partial charge < -0.3 is 5.32 Å². The largest absolute Gasteiger partial charge is 0.325 e. The molecule has 27 heavy (non-hydrogen) atoms. The second-order valence-electron chi connectivity index (χ2n) is 7.00. The molecule has 0 spiro atoms. The molecule has 1 atom stereocenters. The molecule has 1 aliphatic rings. The predicted molar refractivity (Wildman–Crippen MR) is 103 cm³/mol. The summed E-state index contributed by atoms with van der Waals surface area (Å²) in [5.74, 6) is -0.798. The molecule has 5 nitrogen and oxygen atoms in total. The van der Waals surface area contributed by atoms with Gasteiger partial charge in [0.2, 0.25) is 15.9 Å². The molecule has 144 valence electrons. The highest BCUT2D eigenvalue weighted by atomic mass is 32.2. The Morgan fingerprint density at radius 1 is 1.11 bits per heavy atom. The van der Waals surface area contributed by atoms with E-state index in [2.05, 4.69) is 5.32 Å². The molecular formula is C20H23FN2O3S. The van der Waals surface area contributed by atoms with Crippen LogP contribution in [0.5, 0.6) is 0 Å². The van der Waals surface area contributed by atoms with Gasteiger partial charge in [-0.15, -0.1) is 0 Å². The summed E-state index contributed by atoms with van der Waals surface area (Å²) in [6.07, 6.45) is 1.07. The number of anilines is 1. The molecule has 0 bridgehead atoms. The maximum absolute atomic E-state index is 13.3. The average Bonchev–Trinajstić information content (AvgIpc) is 3.06. The molecule has 7 heteroatoms. The number of amides is 1. The van der Waals surface area contributed by atoms with Crippen LogP contribution in [-0.2, 0) is 14.8 Å². The van der Waals surface area contributed by atoms with Crippen molar-refractivity contribution in [1.82, 2.24) is 4.31 Å². The maximum Gasteiger partial charge on any atom is 0.244 e. The van der Waals surface area contributed by atoms with Crippen molar-refractivity contribution in [2.45, 2.75) is 44.6 Å². The normalized spacial score (nSPS) is 17.9. The van der Waals surface area contributed by atoms with Gasteiger partial charge in [0.25, 0.3) is 0 Å². The molecule has 0 aromatic heterocycles. The van der Waals surface area contributed by atoms with Gasteiger partial charge in [-0.25, -0.2) is 12.8 Å². The van der Waals surface area contributed by atoms with Gasteiger partial charge >= 0.3 is 0 Å². The summed E-state index contributed by atoms with van der Waals surface area (Å²) in [4.78, 5) is 13.0. The van der Waals surface area contributed by atoms with Gasteiger partial charge in [0.1, 0.15) is 11.9 Å². The molecule has 1 aliphatic heterocycles. The third-order valence-electron chi connectivity index (χ3n) is 4.79. The number of hydrogen-bond acceptors (Lipinski definition) is 3. The lowest BCUT2D eigenvalue weighted by Gasteiger charge is -2.25. The molecule has 2 aromatic rings. The number of rotatable bonds is 4. The molecule has 1 heterocycles. The number of benzene rings is 2. The second kappa shape index (κ2) is 7.40. The number of hydrogen-bond donors (Lipinski definition) is 1. The molecule has 2 aromatic carbocycles. The Kier molecular flexibility index (Phi) is 5.35. The monoisotopic (exact) mass is 390 g/mol. The van der Waals surface area contributed by atoms with E-state index in [1.54, 1.807) is 13.8 Å². The van der Waals surface area contributed by atoms with E-state index in [1.165, 1.54) is 28.6 Å². The highest BCUT2D eigenvalue weighted by Gasteiger charge is 2.40. The van der Waals surface area contributed by atoms with Crippen molar-refractivity contribution in [3.63, 3.8) is 0 Å². The van der Waals surface area contributed by atoms with Crippen molar-refractivity contribution < 1.29 is 17.6 Å². The van der Waals surface area contributed by atoms with Gasteiger partial charge in [-0.2, -0.15) is 4.31 Å². The number of sulfonamides is 1. The van der Waals surface area contributed by atoms with Crippen LogP contribution in [0.1, 0.15) is 29.5 Å². The van der Waals surface area contributed by atoms with Gasteiger partial charge in [0, 0.05) is 12.2 Å². The minimum Gasteiger partial charge on any atom is -0.325 e. The van der Waals surface area contributed by atoms with E-state index >= 15 is 0 Å². The van der Waals surface area contributed by atoms with E-state index in [0.29, 0.717) is 36.2 Å². The van der Waals surface area contributed by atoms with Crippen molar-refractivity contribution in [2.75, 3.05) is 11.9 Å². The molecule has 1 fully saturated rings.